The van der Waals surface area contributed by atoms with Gasteiger partial charge in [-0.25, -0.2) is 4.98 Å². The van der Waals surface area contributed by atoms with Crippen LogP contribution in [0.5, 0.6) is 0 Å². The number of rotatable bonds is 5. The molecule has 0 spiro atoms. The summed E-state index contributed by atoms with van der Waals surface area (Å²) < 4.78 is 3.59. The minimum atomic E-state index is -0.396. The third kappa shape index (κ3) is 3.44. The van der Waals surface area contributed by atoms with E-state index >= 15 is 0 Å². The number of carbonyl (C=O) groups is 1. The maximum atomic E-state index is 12.7. The number of aromatic nitrogens is 3. The van der Waals surface area contributed by atoms with Gasteiger partial charge in [-0.2, -0.15) is 0 Å². The van der Waals surface area contributed by atoms with Gasteiger partial charge in [-0.15, -0.1) is 0 Å². The third-order valence-electron chi connectivity index (χ3n) is 4.48. The fraction of sp³-hybridized carbons (Fsp3) is 0.250. The van der Waals surface area contributed by atoms with Gasteiger partial charge in [0.25, 0.3) is 11.5 Å². The Hall–Kier alpha value is -3.15. The zero-order valence-electron chi connectivity index (χ0n) is 15.2. The number of hydrogen-bond acceptors (Lipinski definition) is 3. The van der Waals surface area contributed by atoms with Gasteiger partial charge in [0.15, 0.2) is 0 Å². The molecule has 0 radical (unpaired) electrons. The first-order valence-electron chi connectivity index (χ1n) is 8.58. The molecule has 6 heteroatoms. The second-order valence-electron chi connectivity index (χ2n) is 6.15. The number of amides is 1. The maximum Gasteiger partial charge on any atom is 0.263 e. The molecule has 2 heterocycles. The van der Waals surface area contributed by atoms with Crippen LogP contribution in [0.25, 0.3) is 0 Å². The number of para-hydroxylation sites is 1. The topological polar surface area (TPSA) is 68.9 Å². The summed E-state index contributed by atoms with van der Waals surface area (Å²) >= 11 is 0. The number of hydrogen-bond donors (Lipinski definition) is 1. The highest BCUT2D eigenvalue weighted by atomic mass is 16.2. The van der Waals surface area contributed by atoms with Crippen molar-refractivity contribution in [3.63, 3.8) is 0 Å². The molecule has 0 fully saturated rings. The Kier molecular flexibility index (Phi) is 5.02. The van der Waals surface area contributed by atoms with Crippen LogP contribution in [-0.2, 0) is 13.1 Å². The Morgan fingerprint density at radius 1 is 1.15 bits per heavy atom. The molecule has 1 N–H and O–H groups in total. The first-order valence-corrected chi connectivity index (χ1v) is 8.58. The summed E-state index contributed by atoms with van der Waals surface area (Å²) in [6.45, 7) is 6.80. The molecule has 0 aliphatic heterocycles. The van der Waals surface area contributed by atoms with Crippen LogP contribution in [0.4, 0.5) is 5.69 Å². The molecule has 6 nitrogen and oxygen atoms in total. The van der Waals surface area contributed by atoms with Gasteiger partial charge < -0.3 is 14.5 Å². The van der Waals surface area contributed by atoms with Crippen LogP contribution in [-0.4, -0.2) is 20.0 Å². The molecule has 3 aromatic rings. The number of nitrogens with zero attached hydrogens (tertiary/aromatic N) is 3. The van der Waals surface area contributed by atoms with E-state index in [0.717, 1.165) is 17.1 Å². The quantitative estimate of drug-likeness (QED) is 0.769. The molecule has 1 amide bonds. The van der Waals surface area contributed by atoms with E-state index < -0.39 is 5.91 Å². The van der Waals surface area contributed by atoms with Gasteiger partial charge >= 0.3 is 0 Å². The number of nitrogens with one attached hydrogen (secondary N) is 1. The lowest BCUT2D eigenvalue weighted by atomic mass is 10.1. The van der Waals surface area contributed by atoms with E-state index in [2.05, 4.69) is 10.3 Å². The van der Waals surface area contributed by atoms with Crippen molar-refractivity contribution < 1.29 is 4.79 Å². The summed E-state index contributed by atoms with van der Waals surface area (Å²) in [5, 5.41) is 2.88. The van der Waals surface area contributed by atoms with Crippen LogP contribution in [0.2, 0.25) is 0 Å². The number of pyridine rings is 1. The first-order chi connectivity index (χ1) is 12.5. The highest BCUT2D eigenvalue weighted by Crippen LogP contribution is 2.18. The van der Waals surface area contributed by atoms with Crippen molar-refractivity contribution in [2.24, 2.45) is 0 Å². The molecule has 3 rings (SSSR count). The standard InChI is InChI=1S/C20H22N4O2/c1-4-24-14(2)9-10-17(20(24)26)19(25)22-18-8-6-5-7-16(18)13-23-12-11-21-15(23)3/h5-12H,4,13H2,1-3H3,(H,22,25). The summed E-state index contributed by atoms with van der Waals surface area (Å²) in [6.07, 6.45) is 3.64. The largest absolute Gasteiger partial charge is 0.331 e. The summed E-state index contributed by atoms with van der Waals surface area (Å²) in [5.74, 6) is 0.502. The second-order valence-corrected chi connectivity index (χ2v) is 6.15. The van der Waals surface area contributed by atoms with E-state index in [1.807, 2.05) is 55.8 Å². The first kappa shape index (κ1) is 17.7. The Balaban J connectivity index is 1.89. The monoisotopic (exact) mass is 350 g/mol. The van der Waals surface area contributed by atoms with Crippen LogP contribution in [0, 0.1) is 13.8 Å². The highest BCUT2D eigenvalue weighted by molar-refractivity contribution is 6.04. The van der Waals surface area contributed by atoms with E-state index in [-0.39, 0.29) is 11.1 Å². The Morgan fingerprint density at radius 3 is 2.62 bits per heavy atom. The number of carbonyl (C=O) groups excluding carboxylic acids is 1. The molecule has 26 heavy (non-hydrogen) atoms. The van der Waals surface area contributed by atoms with Crippen molar-refractivity contribution in [2.45, 2.75) is 33.9 Å². The van der Waals surface area contributed by atoms with Crippen LogP contribution < -0.4 is 10.9 Å². The summed E-state index contributed by atoms with van der Waals surface area (Å²) in [4.78, 5) is 29.4. The average Bonchev–Trinajstić information content (AvgIpc) is 3.02. The van der Waals surface area contributed by atoms with Crippen molar-refractivity contribution in [2.75, 3.05) is 5.32 Å². The Bertz CT molecular complexity index is 1000. The van der Waals surface area contributed by atoms with E-state index in [0.29, 0.717) is 18.8 Å². The Morgan fingerprint density at radius 2 is 1.92 bits per heavy atom. The van der Waals surface area contributed by atoms with Crippen molar-refractivity contribution >= 4 is 11.6 Å². The normalized spacial score (nSPS) is 10.7. The van der Waals surface area contributed by atoms with Crippen LogP contribution in [0.15, 0.2) is 53.6 Å². The molecule has 0 unspecified atom stereocenters. The van der Waals surface area contributed by atoms with Gasteiger partial charge in [0.1, 0.15) is 11.4 Å². The van der Waals surface area contributed by atoms with E-state index in [1.165, 1.54) is 0 Å². The highest BCUT2D eigenvalue weighted by Gasteiger charge is 2.15. The van der Waals surface area contributed by atoms with E-state index in [1.54, 1.807) is 22.9 Å². The van der Waals surface area contributed by atoms with E-state index in [9.17, 15) is 9.59 Å². The smallest absolute Gasteiger partial charge is 0.263 e. The van der Waals surface area contributed by atoms with Crippen molar-refractivity contribution in [1.82, 2.24) is 14.1 Å². The summed E-state index contributed by atoms with van der Waals surface area (Å²) in [6, 6.07) is 11.0. The molecule has 0 aliphatic carbocycles. The minimum absolute atomic E-state index is 0.145. The average molecular weight is 350 g/mol. The molecule has 1 aromatic carbocycles. The summed E-state index contributed by atoms with van der Waals surface area (Å²) in [7, 11) is 0. The molecular formula is C20H22N4O2. The number of aryl methyl sites for hydroxylation is 2. The van der Waals surface area contributed by atoms with Crippen molar-refractivity contribution in [3.05, 3.63) is 81.8 Å². The molecule has 2 aromatic heterocycles. The molecular weight excluding hydrogens is 328 g/mol. The SMILES string of the molecule is CCn1c(C)ccc(C(=O)Nc2ccccc2Cn2ccnc2C)c1=O. The van der Waals surface area contributed by atoms with Crippen LogP contribution >= 0.6 is 0 Å². The van der Waals surface area contributed by atoms with Gasteiger partial charge in [0, 0.05) is 30.3 Å². The molecule has 0 saturated heterocycles. The zero-order valence-corrected chi connectivity index (χ0v) is 15.2. The molecule has 0 aliphatic rings. The lowest BCUT2D eigenvalue weighted by Gasteiger charge is -2.13. The number of anilines is 1. The van der Waals surface area contributed by atoms with Gasteiger partial charge in [-0.05, 0) is 44.5 Å². The Labute approximate surface area is 152 Å². The van der Waals surface area contributed by atoms with Gasteiger partial charge in [-0.3, -0.25) is 9.59 Å². The van der Waals surface area contributed by atoms with Crippen LogP contribution in [0.1, 0.15) is 34.4 Å². The fourth-order valence-corrected chi connectivity index (χ4v) is 2.96. The lowest BCUT2D eigenvalue weighted by Crippen LogP contribution is -2.30. The minimum Gasteiger partial charge on any atom is -0.331 e. The van der Waals surface area contributed by atoms with Gasteiger partial charge in [0.2, 0.25) is 0 Å². The predicted octanol–water partition coefficient (Wildman–Crippen LogP) is 2.98. The molecule has 134 valence electrons. The van der Waals surface area contributed by atoms with Crippen LogP contribution in [0.3, 0.4) is 0 Å². The number of imidazole rings is 1. The zero-order chi connectivity index (χ0) is 18.7. The third-order valence-corrected chi connectivity index (χ3v) is 4.48. The van der Waals surface area contributed by atoms with Crippen molar-refractivity contribution in [3.8, 4) is 0 Å². The van der Waals surface area contributed by atoms with E-state index in [4.69, 9.17) is 0 Å². The predicted molar refractivity (Wildman–Crippen MR) is 102 cm³/mol. The molecule has 0 atom stereocenters. The van der Waals surface area contributed by atoms with Gasteiger partial charge in [0.05, 0.1) is 6.54 Å². The fourth-order valence-electron chi connectivity index (χ4n) is 2.96. The number of benzene rings is 1. The maximum absolute atomic E-state index is 12.7. The molecule has 0 bridgehead atoms. The summed E-state index contributed by atoms with van der Waals surface area (Å²) in [5.41, 5.74) is 2.35. The van der Waals surface area contributed by atoms with Gasteiger partial charge in [-0.1, -0.05) is 18.2 Å². The lowest BCUT2D eigenvalue weighted by molar-refractivity contribution is 0.102. The second kappa shape index (κ2) is 7.39. The van der Waals surface area contributed by atoms with Crippen molar-refractivity contribution in [1.29, 1.82) is 0 Å². The molecule has 0 saturated carbocycles.